The Bertz CT molecular complexity index is 837. The number of benzene rings is 2. The third-order valence-corrected chi connectivity index (χ3v) is 5.67. The highest BCUT2D eigenvalue weighted by Crippen LogP contribution is 2.34. The third-order valence-electron chi connectivity index (χ3n) is 3.77. The van der Waals surface area contributed by atoms with Crippen molar-refractivity contribution >= 4 is 52.0 Å². The van der Waals surface area contributed by atoms with Crippen molar-refractivity contribution in [2.75, 3.05) is 5.32 Å². The van der Waals surface area contributed by atoms with E-state index in [4.69, 9.17) is 0 Å². The number of anilines is 1. The Kier molecular flexibility index (Phi) is 5.43. The maximum atomic E-state index is 12.2. The number of phenolic OH excluding ortho intramolecular Hbond substituents is 2. The van der Waals surface area contributed by atoms with E-state index in [0.717, 1.165) is 12.1 Å². The molecular formula is C18H17IN2O3S. The van der Waals surface area contributed by atoms with Crippen LogP contribution in [0.1, 0.15) is 18.1 Å². The first-order valence-electron chi connectivity index (χ1n) is 7.72. The maximum Gasteiger partial charge on any atom is 0.260 e. The molecule has 0 bridgehead atoms. The van der Waals surface area contributed by atoms with Gasteiger partial charge >= 0.3 is 0 Å². The van der Waals surface area contributed by atoms with E-state index in [1.807, 2.05) is 34.7 Å². The molecule has 1 saturated heterocycles. The quantitative estimate of drug-likeness (QED) is 0.405. The molecule has 1 aliphatic heterocycles. The summed E-state index contributed by atoms with van der Waals surface area (Å²) in [5.74, 6) is -0.251. The van der Waals surface area contributed by atoms with Crippen LogP contribution in [0.25, 0.3) is 6.08 Å². The van der Waals surface area contributed by atoms with Crippen LogP contribution in [0.3, 0.4) is 0 Å². The molecule has 0 spiro atoms. The number of carbonyl (C=O) groups excluding carboxylic acids is 1. The highest BCUT2D eigenvalue weighted by molar-refractivity contribution is 14.1. The molecule has 1 atom stereocenters. The molecule has 0 saturated carbocycles. The third kappa shape index (κ3) is 4.21. The van der Waals surface area contributed by atoms with Crippen LogP contribution in [0.2, 0.25) is 0 Å². The van der Waals surface area contributed by atoms with Crippen molar-refractivity contribution in [3.8, 4) is 11.5 Å². The molecule has 2 aromatic carbocycles. The van der Waals surface area contributed by atoms with E-state index in [0.29, 0.717) is 14.0 Å². The van der Waals surface area contributed by atoms with E-state index in [2.05, 4.69) is 29.7 Å². The van der Waals surface area contributed by atoms with Gasteiger partial charge in [-0.15, -0.1) is 0 Å². The Morgan fingerprint density at radius 3 is 2.64 bits per heavy atom. The molecule has 4 N–H and O–H groups in total. The van der Waals surface area contributed by atoms with Crippen LogP contribution >= 0.6 is 34.4 Å². The SMILES string of the molecule is CCc1ccc(N[C@@H]2NC(=O)/C(=C/c3cc(I)c(O)cc3O)S2)cc1. The molecular weight excluding hydrogens is 451 g/mol. The number of amides is 1. The van der Waals surface area contributed by atoms with Gasteiger partial charge in [0.15, 0.2) is 5.50 Å². The van der Waals surface area contributed by atoms with E-state index in [9.17, 15) is 15.0 Å². The molecule has 1 aliphatic rings. The summed E-state index contributed by atoms with van der Waals surface area (Å²) < 4.78 is 0.608. The molecule has 3 rings (SSSR count). The molecule has 1 heterocycles. The minimum atomic E-state index is -0.274. The fourth-order valence-corrected chi connectivity index (χ4v) is 3.84. The van der Waals surface area contributed by atoms with Crippen molar-refractivity contribution in [2.45, 2.75) is 18.8 Å². The molecule has 5 nitrogen and oxygen atoms in total. The Hall–Kier alpha value is -1.87. The summed E-state index contributed by atoms with van der Waals surface area (Å²) in [6.45, 7) is 2.10. The van der Waals surface area contributed by atoms with Gasteiger partial charge in [0, 0.05) is 17.3 Å². The van der Waals surface area contributed by atoms with Gasteiger partial charge in [0.25, 0.3) is 5.91 Å². The minimum absolute atomic E-state index is 0.0128. The van der Waals surface area contributed by atoms with Gasteiger partial charge in [-0.25, -0.2) is 0 Å². The van der Waals surface area contributed by atoms with Gasteiger partial charge in [-0.2, -0.15) is 0 Å². The summed E-state index contributed by atoms with van der Waals surface area (Å²) in [5, 5.41) is 25.7. The first kappa shape index (κ1) is 17.9. The van der Waals surface area contributed by atoms with Gasteiger partial charge in [-0.1, -0.05) is 30.8 Å². The van der Waals surface area contributed by atoms with Gasteiger partial charge < -0.3 is 20.8 Å². The number of aromatic hydroxyl groups is 2. The van der Waals surface area contributed by atoms with Gasteiger partial charge in [-0.05, 0) is 58.9 Å². The lowest BCUT2D eigenvalue weighted by Crippen LogP contribution is -2.30. The van der Waals surface area contributed by atoms with Gasteiger partial charge in [0.2, 0.25) is 0 Å². The van der Waals surface area contributed by atoms with E-state index < -0.39 is 0 Å². The largest absolute Gasteiger partial charge is 0.507 e. The topological polar surface area (TPSA) is 81.6 Å². The first-order chi connectivity index (χ1) is 12.0. The van der Waals surface area contributed by atoms with E-state index in [1.54, 1.807) is 12.1 Å². The van der Waals surface area contributed by atoms with Crippen LogP contribution in [-0.2, 0) is 11.2 Å². The highest BCUT2D eigenvalue weighted by atomic mass is 127. The second-order valence-electron chi connectivity index (χ2n) is 5.54. The van der Waals surface area contributed by atoms with Crippen molar-refractivity contribution in [3.63, 3.8) is 0 Å². The van der Waals surface area contributed by atoms with E-state index in [-0.39, 0.29) is 22.9 Å². The van der Waals surface area contributed by atoms with Crippen molar-refractivity contribution in [2.24, 2.45) is 0 Å². The van der Waals surface area contributed by atoms with E-state index in [1.165, 1.54) is 23.4 Å². The molecule has 0 unspecified atom stereocenters. The van der Waals surface area contributed by atoms with Gasteiger partial charge in [0.1, 0.15) is 11.5 Å². The molecule has 0 radical (unpaired) electrons. The number of thioether (sulfide) groups is 1. The summed E-state index contributed by atoms with van der Waals surface area (Å²) >= 11 is 3.32. The van der Waals surface area contributed by atoms with Crippen LogP contribution < -0.4 is 10.6 Å². The molecule has 1 fully saturated rings. The minimum Gasteiger partial charge on any atom is -0.507 e. The van der Waals surface area contributed by atoms with Gasteiger partial charge in [0.05, 0.1) is 8.48 Å². The molecule has 7 heteroatoms. The van der Waals surface area contributed by atoms with Crippen LogP contribution in [-0.4, -0.2) is 21.6 Å². The number of hydrogen-bond acceptors (Lipinski definition) is 5. The lowest BCUT2D eigenvalue weighted by Gasteiger charge is -2.12. The lowest BCUT2D eigenvalue weighted by atomic mass is 10.1. The summed E-state index contributed by atoms with van der Waals surface area (Å²) in [6.07, 6.45) is 2.61. The number of aryl methyl sites for hydroxylation is 1. The predicted octanol–water partition coefficient (Wildman–Crippen LogP) is 3.86. The number of halogens is 1. The fraction of sp³-hybridized carbons (Fsp3) is 0.167. The molecule has 2 aromatic rings. The zero-order chi connectivity index (χ0) is 18.0. The second-order valence-corrected chi connectivity index (χ2v) is 7.85. The summed E-state index contributed by atoms with van der Waals surface area (Å²) in [5.41, 5.74) is 2.40. The zero-order valence-corrected chi connectivity index (χ0v) is 16.4. The zero-order valence-electron chi connectivity index (χ0n) is 13.4. The molecule has 130 valence electrons. The summed E-state index contributed by atoms with van der Waals surface area (Å²) in [7, 11) is 0. The summed E-state index contributed by atoms with van der Waals surface area (Å²) in [4.78, 5) is 12.7. The Balaban J connectivity index is 1.74. The van der Waals surface area contributed by atoms with Crippen molar-refractivity contribution in [3.05, 3.63) is 56.0 Å². The predicted molar refractivity (Wildman–Crippen MR) is 109 cm³/mol. The Morgan fingerprint density at radius 1 is 1.24 bits per heavy atom. The average molecular weight is 468 g/mol. The van der Waals surface area contributed by atoms with Crippen LogP contribution in [0, 0.1) is 3.57 Å². The first-order valence-corrected chi connectivity index (χ1v) is 9.68. The normalized spacial score (nSPS) is 18.4. The highest BCUT2D eigenvalue weighted by Gasteiger charge is 2.27. The number of phenols is 2. The maximum absolute atomic E-state index is 12.2. The van der Waals surface area contributed by atoms with Crippen LogP contribution in [0.4, 0.5) is 5.69 Å². The molecule has 1 amide bonds. The van der Waals surface area contributed by atoms with Crippen molar-refractivity contribution < 1.29 is 15.0 Å². The Morgan fingerprint density at radius 2 is 1.96 bits per heavy atom. The fourth-order valence-electron chi connectivity index (χ4n) is 2.38. The smallest absolute Gasteiger partial charge is 0.260 e. The number of carbonyl (C=O) groups is 1. The number of rotatable bonds is 4. The average Bonchev–Trinajstić information content (AvgIpc) is 2.92. The second kappa shape index (κ2) is 7.57. The van der Waals surface area contributed by atoms with Crippen molar-refractivity contribution in [1.82, 2.24) is 5.32 Å². The van der Waals surface area contributed by atoms with E-state index >= 15 is 0 Å². The molecule has 25 heavy (non-hydrogen) atoms. The summed E-state index contributed by atoms with van der Waals surface area (Å²) in [6, 6.07) is 11.0. The molecule has 0 aliphatic carbocycles. The monoisotopic (exact) mass is 468 g/mol. The number of nitrogens with one attached hydrogen (secondary N) is 2. The number of hydrogen-bond donors (Lipinski definition) is 4. The van der Waals surface area contributed by atoms with Crippen molar-refractivity contribution in [1.29, 1.82) is 0 Å². The standard InChI is InChI=1S/C18H17IN2O3S/c1-2-10-3-5-12(6-4-10)20-18-21-17(24)16(25-18)8-11-7-13(19)15(23)9-14(11)22/h3-9,18,20,22-23H,2H2,1H3,(H,21,24)/b16-8-/t18-/m1/s1. The van der Waals surface area contributed by atoms with Crippen LogP contribution in [0.15, 0.2) is 41.3 Å². The lowest BCUT2D eigenvalue weighted by molar-refractivity contribution is -0.116. The van der Waals surface area contributed by atoms with Crippen LogP contribution in [0.5, 0.6) is 11.5 Å². The van der Waals surface area contributed by atoms with Gasteiger partial charge in [-0.3, -0.25) is 4.79 Å². The molecule has 0 aromatic heterocycles. The Labute approximate surface area is 163 Å².